The molecule has 4 atom stereocenters. The number of hydrogen-bond donors (Lipinski definition) is 3. The lowest BCUT2D eigenvalue weighted by molar-refractivity contribution is -0.247. The lowest BCUT2D eigenvalue weighted by Gasteiger charge is -2.30. The molecule has 0 radical (unpaired) electrons. The SMILES string of the molecule is CCCC(O)OC(C)C(C)OC(O)C(C)(C)O. The molecule has 17 heavy (non-hydrogen) atoms. The fourth-order valence-electron chi connectivity index (χ4n) is 1.15. The summed E-state index contributed by atoms with van der Waals surface area (Å²) in [5.74, 6) is 0. The Hall–Kier alpha value is -0.200. The quantitative estimate of drug-likeness (QED) is 0.560. The fourth-order valence-corrected chi connectivity index (χ4v) is 1.15. The van der Waals surface area contributed by atoms with E-state index < -0.39 is 24.3 Å². The van der Waals surface area contributed by atoms with Gasteiger partial charge in [-0.15, -0.1) is 0 Å². The first kappa shape index (κ1) is 16.8. The van der Waals surface area contributed by atoms with Crippen LogP contribution >= 0.6 is 0 Å². The third-order valence-corrected chi connectivity index (χ3v) is 2.52. The van der Waals surface area contributed by atoms with E-state index in [0.717, 1.165) is 6.42 Å². The summed E-state index contributed by atoms with van der Waals surface area (Å²) < 4.78 is 10.5. The average molecular weight is 250 g/mol. The summed E-state index contributed by atoms with van der Waals surface area (Å²) in [5, 5.41) is 28.5. The predicted molar refractivity (Wildman–Crippen MR) is 64.3 cm³/mol. The van der Waals surface area contributed by atoms with Crippen LogP contribution in [0.25, 0.3) is 0 Å². The van der Waals surface area contributed by atoms with Crippen LogP contribution in [-0.4, -0.2) is 45.7 Å². The molecule has 3 N–H and O–H groups in total. The molecule has 0 aliphatic carbocycles. The van der Waals surface area contributed by atoms with Crippen molar-refractivity contribution in [3.63, 3.8) is 0 Å². The zero-order valence-electron chi connectivity index (χ0n) is 11.4. The van der Waals surface area contributed by atoms with Crippen molar-refractivity contribution in [3.05, 3.63) is 0 Å². The van der Waals surface area contributed by atoms with Crippen molar-refractivity contribution in [1.29, 1.82) is 0 Å². The molecule has 0 aliphatic heterocycles. The monoisotopic (exact) mass is 250 g/mol. The van der Waals surface area contributed by atoms with E-state index in [9.17, 15) is 15.3 Å². The molecule has 0 amide bonds. The summed E-state index contributed by atoms with van der Waals surface area (Å²) in [4.78, 5) is 0. The van der Waals surface area contributed by atoms with Crippen LogP contribution in [0, 0.1) is 0 Å². The molecule has 0 aromatic rings. The molecule has 0 bridgehead atoms. The maximum Gasteiger partial charge on any atom is 0.183 e. The molecule has 104 valence electrons. The van der Waals surface area contributed by atoms with E-state index in [1.54, 1.807) is 13.8 Å². The molecule has 4 unspecified atom stereocenters. The molecule has 0 aromatic carbocycles. The van der Waals surface area contributed by atoms with Gasteiger partial charge in [0.25, 0.3) is 0 Å². The second-order valence-corrected chi connectivity index (χ2v) is 4.93. The van der Waals surface area contributed by atoms with Crippen LogP contribution in [-0.2, 0) is 9.47 Å². The maximum absolute atomic E-state index is 9.55. The van der Waals surface area contributed by atoms with Crippen LogP contribution in [0.4, 0.5) is 0 Å². The minimum atomic E-state index is -1.32. The third kappa shape index (κ3) is 6.95. The van der Waals surface area contributed by atoms with Crippen molar-refractivity contribution in [1.82, 2.24) is 0 Å². The minimum absolute atomic E-state index is 0.367. The van der Waals surface area contributed by atoms with Crippen LogP contribution in [0.2, 0.25) is 0 Å². The second kappa shape index (κ2) is 7.28. The normalized spacial score (nSPS) is 19.8. The number of rotatable bonds is 8. The number of aliphatic hydroxyl groups is 3. The number of hydrogen-bond acceptors (Lipinski definition) is 5. The van der Waals surface area contributed by atoms with Gasteiger partial charge in [-0.25, -0.2) is 0 Å². The van der Waals surface area contributed by atoms with Crippen molar-refractivity contribution in [2.45, 2.75) is 77.8 Å². The van der Waals surface area contributed by atoms with Gasteiger partial charge in [-0.05, 0) is 34.1 Å². The summed E-state index contributed by atoms with van der Waals surface area (Å²) in [6.07, 6.45) is -1.51. The first-order chi connectivity index (χ1) is 7.68. The van der Waals surface area contributed by atoms with E-state index in [0.29, 0.717) is 6.42 Å². The highest BCUT2D eigenvalue weighted by molar-refractivity contribution is 4.71. The van der Waals surface area contributed by atoms with Gasteiger partial charge in [0.05, 0.1) is 12.2 Å². The smallest absolute Gasteiger partial charge is 0.183 e. The molecule has 0 rings (SSSR count). The molecule has 0 spiro atoms. The van der Waals surface area contributed by atoms with Crippen molar-refractivity contribution in [2.75, 3.05) is 0 Å². The largest absolute Gasteiger partial charge is 0.385 e. The summed E-state index contributed by atoms with van der Waals surface area (Å²) in [6, 6.07) is 0. The molecule has 0 heterocycles. The fraction of sp³-hybridized carbons (Fsp3) is 1.00. The Morgan fingerprint density at radius 3 is 1.94 bits per heavy atom. The highest BCUT2D eigenvalue weighted by atomic mass is 16.7. The van der Waals surface area contributed by atoms with E-state index in [1.165, 1.54) is 13.8 Å². The highest BCUT2D eigenvalue weighted by Crippen LogP contribution is 2.15. The summed E-state index contributed by atoms with van der Waals surface area (Å²) in [6.45, 7) is 8.35. The number of aliphatic hydroxyl groups excluding tert-OH is 2. The van der Waals surface area contributed by atoms with E-state index in [-0.39, 0.29) is 6.10 Å². The third-order valence-electron chi connectivity index (χ3n) is 2.52. The van der Waals surface area contributed by atoms with Crippen LogP contribution in [0.15, 0.2) is 0 Å². The molecule has 0 aromatic heterocycles. The Labute approximate surface area is 103 Å². The molecular weight excluding hydrogens is 224 g/mol. The predicted octanol–water partition coefficient (Wildman–Crippen LogP) is 1.00. The van der Waals surface area contributed by atoms with Gasteiger partial charge in [0.15, 0.2) is 12.6 Å². The Morgan fingerprint density at radius 2 is 1.53 bits per heavy atom. The van der Waals surface area contributed by atoms with E-state index >= 15 is 0 Å². The van der Waals surface area contributed by atoms with Crippen LogP contribution in [0.3, 0.4) is 0 Å². The molecule has 5 nitrogen and oxygen atoms in total. The Kier molecular flexibility index (Phi) is 7.20. The van der Waals surface area contributed by atoms with Crippen LogP contribution in [0.1, 0.15) is 47.5 Å². The standard InChI is InChI=1S/C12H26O5/c1-6-7-10(13)16-8(2)9(3)17-11(14)12(4,5)15/h8-11,13-15H,6-7H2,1-5H3. The van der Waals surface area contributed by atoms with E-state index in [1.807, 2.05) is 6.92 Å². The lowest BCUT2D eigenvalue weighted by Crippen LogP contribution is -2.43. The van der Waals surface area contributed by atoms with Gasteiger partial charge in [-0.2, -0.15) is 0 Å². The van der Waals surface area contributed by atoms with Gasteiger partial charge < -0.3 is 24.8 Å². The van der Waals surface area contributed by atoms with Crippen molar-refractivity contribution in [2.24, 2.45) is 0 Å². The van der Waals surface area contributed by atoms with Crippen molar-refractivity contribution >= 4 is 0 Å². The van der Waals surface area contributed by atoms with E-state index in [4.69, 9.17) is 9.47 Å². The van der Waals surface area contributed by atoms with Gasteiger partial charge in [0.1, 0.15) is 5.60 Å². The molecule has 0 fully saturated rings. The second-order valence-electron chi connectivity index (χ2n) is 4.93. The zero-order chi connectivity index (χ0) is 13.6. The van der Waals surface area contributed by atoms with Crippen LogP contribution < -0.4 is 0 Å². The minimum Gasteiger partial charge on any atom is -0.385 e. The van der Waals surface area contributed by atoms with Gasteiger partial charge in [0.2, 0.25) is 0 Å². The van der Waals surface area contributed by atoms with Gasteiger partial charge >= 0.3 is 0 Å². The molecule has 0 saturated heterocycles. The summed E-state index contributed by atoms with van der Waals surface area (Å²) in [7, 11) is 0. The highest BCUT2D eigenvalue weighted by Gasteiger charge is 2.29. The Morgan fingerprint density at radius 1 is 1.06 bits per heavy atom. The van der Waals surface area contributed by atoms with Crippen molar-refractivity contribution in [3.8, 4) is 0 Å². The Balaban J connectivity index is 4.09. The van der Waals surface area contributed by atoms with Crippen molar-refractivity contribution < 1.29 is 24.8 Å². The average Bonchev–Trinajstić information content (AvgIpc) is 2.16. The summed E-state index contributed by atoms with van der Waals surface area (Å²) in [5.41, 5.74) is -1.32. The lowest BCUT2D eigenvalue weighted by atomic mass is 10.1. The maximum atomic E-state index is 9.55. The first-order valence-corrected chi connectivity index (χ1v) is 6.07. The molecule has 5 heteroatoms. The summed E-state index contributed by atoms with van der Waals surface area (Å²) >= 11 is 0. The van der Waals surface area contributed by atoms with Gasteiger partial charge in [-0.3, -0.25) is 0 Å². The number of ether oxygens (including phenoxy) is 2. The molecule has 0 aliphatic rings. The zero-order valence-corrected chi connectivity index (χ0v) is 11.4. The van der Waals surface area contributed by atoms with Gasteiger partial charge in [-0.1, -0.05) is 13.3 Å². The van der Waals surface area contributed by atoms with Gasteiger partial charge in [0, 0.05) is 0 Å². The Bertz CT molecular complexity index is 202. The molecular formula is C12H26O5. The molecule has 0 saturated carbocycles. The van der Waals surface area contributed by atoms with Crippen LogP contribution in [0.5, 0.6) is 0 Å². The van der Waals surface area contributed by atoms with E-state index in [2.05, 4.69) is 0 Å². The topological polar surface area (TPSA) is 79.2 Å². The first-order valence-electron chi connectivity index (χ1n) is 6.07.